The highest BCUT2D eigenvalue weighted by Gasteiger charge is 2.34. The third-order valence-electron chi connectivity index (χ3n) is 3.44. The van der Waals surface area contributed by atoms with Gasteiger partial charge in [-0.25, -0.2) is 9.97 Å². The van der Waals surface area contributed by atoms with E-state index in [4.69, 9.17) is 5.73 Å². The Kier molecular flexibility index (Phi) is 4.17. The van der Waals surface area contributed by atoms with Gasteiger partial charge in [0.1, 0.15) is 5.69 Å². The molecule has 0 aliphatic carbocycles. The van der Waals surface area contributed by atoms with Crippen molar-refractivity contribution in [2.75, 3.05) is 18.0 Å². The van der Waals surface area contributed by atoms with Gasteiger partial charge in [0.2, 0.25) is 5.95 Å². The fourth-order valence-corrected chi connectivity index (χ4v) is 2.13. The van der Waals surface area contributed by atoms with Crippen molar-refractivity contribution in [1.29, 1.82) is 0 Å². The lowest BCUT2D eigenvalue weighted by Gasteiger charge is -2.30. The maximum atomic E-state index is 12.9. The standard InChI is InChI=1S/C13H19F3N4/c1-8(2)10-7-11(13(14,15)16)19-12(18-10)20-5-3-9(17)4-6-20/h7-9H,3-6,17H2,1-2H3. The smallest absolute Gasteiger partial charge is 0.341 e. The van der Waals surface area contributed by atoms with E-state index in [1.54, 1.807) is 4.90 Å². The number of nitrogens with zero attached hydrogens (tertiary/aromatic N) is 3. The molecular weight excluding hydrogens is 269 g/mol. The Morgan fingerprint density at radius 2 is 1.85 bits per heavy atom. The van der Waals surface area contributed by atoms with Crippen LogP contribution in [0.1, 0.15) is 44.0 Å². The lowest BCUT2D eigenvalue weighted by Crippen LogP contribution is -2.40. The van der Waals surface area contributed by atoms with Gasteiger partial charge in [0, 0.05) is 24.8 Å². The predicted molar refractivity (Wildman–Crippen MR) is 70.5 cm³/mol. The molecule has 1 fully saturated rings. The zero-order valence-corrected chi connectivity index (χ0v) is 11.6. The van der Waals surface area contributed by atoms with Crippen molar-refractivity contribution in [3.63, 3.8) is 0 Å². The minimum Gasteiger partial charge on any atom is -0.341 e. The largest absolute Gasteiger partial charge is 0.433 e. The highest BCUT2D eigenvalue weighted by molar-refractivity contribution is 5.34. The fraction of sp³-hybridized carbons (Fsp3) is 0.692. The zero-order valence-electron chi connectivity index (χ0n) is 11.6. The van der Waals surface area contributed by atoms with Gasteiger partial charge in [-0.1, -0.05) is 13.8 Å². The molecule has 0 atom stereocenters. The van der Waals surface area contributed by atoms with Crippen LogP contribution in [0, 0.1) is 0 Å². The molecule has 20 heavy (non-hydrogen) atoms. The second-order valence-electron chi connectivity index (χ2n) is 5.45. The molecule has 1 aromatic rings. The zero-order chi connectivity index (χ0) is 14.9. The highest BCUT2D eigenvalue weighted by Crippen LogP contribution is 2.31. The first-order valence-electron chi connectivity index (χ1n) is 6.74. The van der Waals surface area contributed by atoms with Crippen molar-refractivity contribution < 1.29 is 13.2 Å². The van der Waals surface area contributed by atoms with Crippen LogP contribution in [0.2, 0.25) is 0 Å². The molecule has 1 aromatic heterocycles. The van der Waals surface area contributed by atoms with Gasteiger partial charge in [-0.3, -0.25) is 0 Å². The van der Waals surface area contributed by atoms with Gasteiger partial charge in [0.05, 0.1) is 0 Å². The number of anilines is 1. The molecule has 0 amide bonds. The Morgan fingerprint density at radius 1 is 1.25 bits per heavy atom. The SMILES string of the molecule is CC(C)c1cc(C(F)(F)F)nc(N2CCC(N)CC2)n1. The average molecular weight is 288 g/mol. The molecule has 2 rings (SSSR count). The fourth-order valence-electron chi connectivity index (χ4n) is 2.13. The molecule has 112 valence electrons. The van der Waals surface area contributed by atoms with Gasteiger partial charge in [0.25, 0.3) is 0 Å². The van der Waals surface area contributed by atoms with Crippen molar-refractivity contribution in [2.45, 2.75) is 44.8 Å². The second-order valence-corrected chi connectivity index (χ2v) is 5.45. The van der Waals surface area contributed by atoms with E-state index in [9.17, 15) is 13.2 Å². The van der Waals surface area contributed by atoms with Crippen molar-refractivity contribution in [3.05, 3.63) is 17.5 Å². The van der Waals surface area contributed by atoms with Crippen LogP contribution < -0.4 is 10.6 Å². The Hall–Kier alpha value is -1.37. The Labute approximate surface area is 116 Å². The second kappa shape index (κ2) is 5.55. The Bertz CT molecular complexity index is 465. The quantitative estimate of drug-likeness (QED) is 0.908. The van der Waals surface area contributed by atoms with Crippen molar-refractivity contribution in [3.8, 4) is 0 Å². The molecule has 7 heteroatoms. The first-order valence-corrected chi connectivity index (χ1v) is 6.74. The summed E-state index contributed by atoms with van der Waals surface area (Å²) in [6.07, 6.45) is -2.96. The van der Waals surface area contributed by atoms with Gasteiger partial charge < -0.3 is 10.6 Å². The van der Waals surface area contributed by atoms with E-state index in [2.05, 4.69) is 9.97 Å². The van der Waals surface area contributed by atoms with E-state index in [1.807, 2.05) is 13.8 Å². The molecule has 2 N–H and O–H groups in total. The topological polar surface area (TPSA) is 55.0 Å². The third kappa shape index (κ3) is 3.39. The average Bonchev–Trinajstić information content (AvgIpc) is 2.38. The highest BCUT2D eigenvalue weighted by atomic mass is 19.4. The molecule has 2 heterocycles. The molecule has 1 saturated heterocycles. The third-order valence-corrected chi connectivity index (χ3v) is 3.44. The number of rotatable bonds is 2. The molecule has 0 saturated carbocycles. The summed E-state index contributed by atoms with van der Waals surface area (Å²) in [5.41, 5.74) is 5.34. The van der Waals surface area contributed by atoms with E-state index < -0.39 is 11.9 Å². The van der Waals surface area contributed by atoms with E-state index in [1.165, 1.54) is 0 Å². The first kappa shape index (κ1) is 15.0. The van der Waals surface area contributed by atoms with Gasteiger partial charge in [-0.05, 0) is 24.8 Å². The lowest BCUT2D eigenvalue weighted by atomic mass is 10.1. The minimum absolute atomic E-state index is 0.0788. The van der Waals surface area contributed by atoms with Crippen LogP contribution in [0.5, 0.6) is 0 Å². The molecule has 0 aromatic carbocycles. The summed E-state index contributed by atoms with van der Waals surface area (Å²) >= 11 is 0. The number of halogens is 3. The van der Waals surface area contributed by atoms with E-state index in [0.29, 0.717) is 18.8 Å². The molecule has 0 spiro atoms. The molecule has 0 bridgehead atoms. The van der Waals surface area contributed by atoms with Gasteiger partial charge >= 0.3 is 6.18 Å². The number of hydrogen-bond acceptors (Lipinski definition) is 4. The monoisotopic (exact) mass is 288 g/mol. The van der Waals surface area contributed by atoms with Crippen LogP contribution in [0.4, 0.5) is 19.1 Å². The van der Waals surface area contributed by atoms with Crippen LogP contribution in [0.3, 0.4) is 0 Å². The normalized spacial score (nSPS) is 17.9. The molecule has 1 aliphatic heterocycles. The number of piperidine rings is 1. The van der Waals surface area contributed by atoms with Gasteiger partial charge in [-0.15, -0.1) is 0 Å². The number of nitrogens with two attached hydrogens (primary N) is 1. The minimum atomic E-state index is -4.45. The molecule has 4 nitrogen and oxygen atoms in total. The molecule has 0 unspecified atom stereocenters. The van der Waals surface area contributed by atoms with Crippen LogP contribution >= 0.6 is 0 Å². The number of aromatic nitrogens is 2. The molecule has 0 radical (unpaired) electrons. The van der Waals surface area contributed by atoms with E-state index >= 15 is 0 Å². The van der Waals surface area contributed by atoms with E-state index in [0.717, 1.165) is 18.9 Å². The van der Waals surface area contributed by atoms with Crippen molar-refractivity contribution in [2.24, 2.45) is 5.73 Å². The maximum absolute atomic E-state index is 12.9. The van der Waals surface area contributed by atoms with Crippen LogP contribution in [-0.4, -0.2) is 29.1 Å². The Morgan fingerprint density at radius 3 is 2.35 bits per heavy atom. The molecule has 1 aliphatic rings. The van der Waals surface area contributed by atoms with Gasteiger partial charge in [-0.2, -0.15) is 13.2 Å². The van der Waals surface area contributed by atoms with Crippen molar-refractivity contribution in [1.82, 2.24) is 9.97 Å². The predicted octanol–water partition coefficient (Wildman–Crippen LogP) is 2.55. The maximum Gasteiger partial charge on any atom is 0.433 e. The van der Waals surface area contributed by atoms with Crippen LogP contribution in [0.15, 0.2) is 6.07 Å². The summed E-state index contributed by atoms with van der Waals surface area (Å²) < 4.78 is 38.7. The summed E-state index contributed by atoms with van der Waals surface area (Å²) in [5, 5.41) is 0. The summed E-state index contributed by atoms with van der Waals surface area (Å²) in [6, 6.07) is 1.14. The summed E-state index contributed by atoms with van der Waals surface area (Å²) in [7, 11) is 0. The Balaban J connectivity index is 2.34. The van der Waals surface area contributed by atoms with E-state index in [-0.39, 0.29) is 17.9 Å². The number of hydrogen-bond donors (Lipinski definition) is 1. The summed E-state index contributed by atoms with van der Waals surface area (Å²) in [5.74, 6) is 0.0836. The number of alkyl halides is 3. The van der Waals surface area contributed by atoms with Crippen LogP contribution in [0.25, 0.3) is 0 Å². The summed E-state index contributed by atoms with van der Waals surface area (Å²) in [6.45, 7) is 4.83. The lowest BCUT2D eigenvalue weighted by molar-refractivity contribution is -0.141. The van der Waals surface area contributed by atoms with Crippen molar-refractivity contribution >= 4 is 5.95 Å². The summed E-state index contributed by atoms with van der Waals surface area (Å²) in [4.78, 5) is 9.74. The van der Waals surface area contributed by atoms with Crippen LogP contribution in [-0.2, 0) is 6.18 Å². The molecular formula is C13H19F3N4. The van der Waals surface area contributed by atoms with Gasteiger partial charge in [0.15, 0.2) is 0 Å². The first-order chi connectivity index (χ1) is 9.27.